The van der Waals surface area contributed by atoms with Gasteiger partial charge in [-0.05, 0) is 25.7 Å². The third-order valence-corrected chi connectivity index (χ3v) is 3.67. The molecule has 21 heavy (non-hydrogen) atoms. The molecule has 0 saturated carbocycles. The third-order valence-electron chi connectivity index (χ3n) is 3.39. The number of carbonyl (C=O) groups is 1. The van der Waals surface area contributed by atoms with Gasteiger partial charge in [0.05, 0.1) is 12.7 Å². The molecule has 116 valence electrons. The van der Waals surface area contributed by atoms with Gasteiger partial charge in [0.1, 0.15) is 5.02 Å². The molecular weight excluding hydrogens is 290 g/mol. The molecule has 0 bridgehead atoms. The number of rotatable bonds is 6. The van der Waals surface area contributed by atoms with Gasteiger partial charge in [-0.2, -0.15) is 4.98 Å². The van der Waals surface area contributed by atoms with Crippen LogP contribution in [0.5, 0.6) is 0 Å². The van der Waals surface area contributed by atoms with E-state index in [1.165, 1.54) is 6.42 Å². The molecular formula is C14H22ClN5O. The minimum atomic E-state index is 0.0902. The van der Waals surface area contributed by atoms with Crippen LogP contribution in [-0.2, 0) is 4.79 Å². The quantitative estimate of drug-likeness (QED) is 0.844. The Morgan fingerprint density at radius 2 is 2.10 bits per heavy atom. The first-order valence-electron chi connectivity index (χ1n) is 7.48. The minimum Gasteiger partial charge on any atom is -0.360 e. The van der Waals surface area contributed by atoms with Crippen molar-refractivity contribution in [2.75, 3.05) is 36.8 Å². The average molecular weight is 312 g/mol. The van der Waals surface area contributed by atoms with E-state index in [1.54, 1.807) is 6.20 Å². The van der Waals surface area contributed by atoms with E-state index in [1.807, 2.05) is 4.90 Å². The van der Waals surface area contributed by atoms with E-state index < -0.39 is 0 Å². The monoisotopic (exact) mass is 311 g/mol. The summed E-state index contributed by atoms with van der Waals surface area (Å²) in [5.41, 5.74) is 0. The lowest BCUT2D eigenvalue weighted by Gasteiger charge is -2.26. The lowest BCUT2D eigenvalue weighted by Crippen LogP contribution is -2.39. The molecule has 1 saturated heterocycles. The van der Waals surface area contributed by atoms with Gasteiger partial charge >= 0.3 is 0 Å². The molecule has 0 spiro atoms. The Morgan fingerprint density at radius 3 is 2.81 bits per heavy atom. The largest absolute Gasteiger partial charge is 0.360 e. The molecule has 1 aromatic heterocycles. The number of hydrogen-bond donors (Lipinski definition) is 2. The third kappa shape index (κ3) is 4.74. The van der Waals surface area contributed by atoms with Gasteiger partial charge in [-0.15, -0.1) is 0 Å². The predicted octanol–water partition coefficient (Wildman–Crippen LogP) is 2.38. The smallest absolute Gasteiger partial charge is 0.241 e. The topological polar surface area (TPSA) is 70.2 Å². The Bertz CT molecular complexity index is 476. The van der Waals surface area contributed by atoms with E-state index in [2.05, 4.69) is 27.5 Å². The molecule has 1 aliphatic rings. The second-order valence-electron chi connectivity index (χ2n) is 5.11. The summed E-state index contributed by atoms with van der Waals surface area (Å²) in [6.45, 7) is 4.78. The van der Waals surface area contributed by atoms with Crippen molar-refractivity contribution in [3.63, 3.8) is 0 Å². The fourth-order valence-corrected chi connectivity index (χ4v) is 2.39. The highest BCUT2D eigenvalue weighted by Gasteiger charge is 2.16. The normalized spacial score (nSPS) is 14.9. The molecule has 1 fully saturated rings. The first-order chi connectivity index (χ1) is 10.2. The van der Waals surface area contributed by atoms with Crippen molar-refractivity contribution in [3.05, 3.63) is 11.2 Å². The maximum Gasteiger partial charge on any atom is 0.241 e. The Kier molecular flexibility index (Phi) is 6.04. The summed E-state index contributed by atoms with van der Waals surface area (Å²) in [5, 5.41) is 6.53. The van der Waals surface area contributed by atoms with Crippen LogP contribution >= 0.6 is 11.6 Å². The van der Waals surface area contributed by atoms with Gasteiger partial charge < -0.3 is 15.5 Å². The zero-order valence-electron chi connectivity index (χ0n) is 12.4. The number of piperidine rings is 1. The van der Waals surface area contributed by atoms with Crippen LogP contribution < -0.4 is 10.6 Å². The van der Waals surface area contributed by atoms with Gasteiger partial charge in [0, 0.05) is 19.6 Å². The van der Waals surface area contributed by atoms with Crippen LogP contribution in [0.15, 0.2) is 6.20 Å². The van der Waals surface area contributed by atoms with Crippen molar-refractivity contribution in [1.29, 1.82) is 0 Å². The van der Waals surface area contributed by atoms with Gasteiger partial charge in [0.2, 0.25) is 11.9 Å². The van der Waals surface area contributed by atoms with Crippen molar-refractivity contribution in [1.82, 2.24) is 14.9 Å². The van der Waals surface area contributed by atoms with Crippen LogP contribution in [0, 0.1) is 0 Å². The summed E-state index contributed by atoms with van der Waals surface area (Å²) in [4.78, 5) is 22.4. The SMILES string of the molecule is CCCNc1ncc(Cl)c(NCC(=O)N2CCCCC2)n1. The van der Waals surface area contributed by atoms with Crippen LogP contribution in [0.3, 0.4) is 0 Å². The summed E-state index contributed by atoms with van der Waals surface area (Å²) < 4.78 is 0. The molecule has 1 aliphatic heterocycles. The molecule has 0 aliphatic carbocycles. The second-order valence-corrected chi connectivity index (χ2v) is 5.52. The van der Waals surface area contributed by atoms with E-state index in [0.717, 1.165) is 38.9 Å². The van der Waals surface area contributed by atoms with E-state index in [0.29, 0.717) is 16.8 Å². The zero-order valence-corrected chi connectivity index (χ0v) is 13.1. The van der Waals surface area contributed by atoms with Crippen molar-refractivity contribution in [2.45, 2.75) is 32.6 Å². The molecule has 0 radical (unpaired) electrons. The molecule has 6 nitrogen and oxygen atoms in total. The van der Waals surface area contributed by atoms with E-state index in [-0.39, 0.29) is 12.5 Å². The van der Waals surface area contributed by atoms with Crippen LogP contribution in [0.25, 0.3) is 0 Å². The van der Waals surface area contributed by atoms with Crippen molar-refractivity contribution in [3.8, 4) is 0 Å². The van der Waals surface area contributed by atoms with Crippen molar-refractivity contribution >= 4 is 29.3 Å². The van der Waals surface area contributed by atoms with Crippen molar-refractivity contribution in [2.24, 2.45) is 0 Å². The molecule has 0 aromatic carbocycles. The van der Waals surface area contributed by atoms with Crippen LogP contribution in [0.4, 0.5) is 11.8 Å². The lowest BCUT2D eigenvalue weighted by atomic mass is 10.1. The standard InChI is InChI=1S/C14H22ClN5O/c1-2-6-16-14-18-9-11(15)13(19-14)17-10-12(21)20-7-4-3-5-8-20/h9H,2-8,10H2,1H3,(H2,16,17,18,19). The number of likely N-dealkylation sites (tertiary alicyclic amines) is 1. The number of carbonyl (C=O) groups excluding carboxylic acids is 1. The lowest BCUT2D eigenvalue weighted by molar-refractivity contribution is -0.130. The highest BCUT2D eigenvalue weighted by Crippen LogP contribution is 2.19. The number of anilines is 2. The summed E-state index contributed by atoms with van der Waals surface area (Å²) in [7, 11) is 0. The van der Waals surface area contributed by atoms with Crippen LogP contribution in [0.1, 0.15) is 32.6 Å². The molecule has 0 atom stereocenters. The fourth-order valence-electron chi connectivity index (χ4n) is 2.23. The van der Waals surface area contributed by atoms with Gasteiger partial charge in [0.15, 0.2) is 5.82 Å². The van der Waals surface area contributed by atoms with Crippen molar-refractivity contribution < 1.29 is 4.79 Å². The summed E-state index contributed by atoms with van der Waals surface area (Å²) in [6.07, 6.45) is 5.92. The predicted molar refractivity (Wildman–Crippen MR) is 84.7 cm³/mol. The highest BCUT2D eigenvalue weighted by molar-refractivity contribution is 6.32. The zero-order chi connectivity index (χ0) is 15.1. The Balaban J connectivity index is 1.90. The highest BCUT2D eigenvalue weighted by atomic mass is 35.5. The molecule has 2 N–H and O–H groups in total. The van der Waals surface area contributed by atoms with E-state index in [4.69, 9.17) is 11.6 Å². The number of aromatic nitrogens is 2. The second kappa shape index (κ2) is 8.02. The molecule has 0 unspecified atom stereocenters. The first kappa shape index (κ1) is 15.8. The van der Waals surface area contributed by atoms with Crippen LogP contribution in [-0.4, -0.2) is 47.0 Å². The van der Waals surface area contributed by atoms with Gasteiger partial charge in [-0.1, -0.05) is 18.5 Å². The van der Waals surface area contributed by atoms with Gasteiger partial charge in [-0.3, -0.25) is 4.79 Å². The molecule has 2 heterocycles. The molecule has 2 rings (SSSR count). The number of nitrogens with one attached hydrogen (secondary N) is 2. The molecule has 1 aromatic rings. The summed E-state index contributed by atoms with van der Waals surface area (Å²) in [5.74, 6) is 1.11. The number of hydrogen-bond acceptors (Lipinski definition) is 5. The molecule has 7 heteroatoms. The average Bonchev–Trinajstić information content (AvgIpc) is 2.53. The Morgan fingerprint density at radius 1 is 1.33 bits per heavy atom. The molecule has 1 amide bonds. The van der Waals surface area contributed by atoms with Gasteiger partial charge in [-0.25, -0.2) is 4.98 Å². The number of nitrogens with zero attached hydrogens (tertiary/aromatic N) is 3. The van der Waals surface area contributed by atoms with Gasteiger partial charge in [0.25, 0.3) is 0 Å². The maximum atomic E-state index is 12.1. The number of amides is 1. The Hall–Kier alpha value is -1.56. The summed E-state index contributed by atoms with van der Waals surface area (Å²) >= 11 is 6.06. The number of halogens is 1. The Labute approximate surface area is 130 Å². The summed E-state index contributed by atoms with van der Waals surface area (Å²) in [6, 6.07) is 0. The van der Waals surface area contributed by atoms with Crippen LogP contribution in [0.2, 0.25) is 5.02 Å². The minimum absolute atomic E-state index is 0.0902. The van der Waals surface area contributed by atoms with E-state index in [9.17, 15) is 4.79 Å². The maximum absolute atomic E-state index is 12.1. The van der Waals surface area contributed by atoms with E-state index >= 15 is 0 Å². The first-order valence-corrected chi connectivity index (χ1v) is 7.86. The fraction of sp³-hybridized carbons (Fsp3) is 0.643.